The summed E-state index contributed by atoms with van der Waals surface area (Å²) in [6.07, 6.45) is 0.940. The third-order valence-corrected chi connectivity index (χ3v) is 5.15. The number of halogens is 1. The van der Waals surface area contributed by atoms with Gasteiger partial charge in [-0.3, -0.25) is 0 Å². The summed E-state index contributed by atoms with van der Waals surface area (Å²) in [5, 5.41) is 3.65. The van der Waals surface area contributed by atoms with E-state index in [1.165, 1.54) is 16.7 Å². The summed E-state index contributed by atoms with van der Waals surface area (Å²) in [5.74, 6) is 2.09. The smallest absolute Gasteiger partial charge is 0.123 e. The molecule has 0 spiro atoms. The highest BCUT2D eigenvalue weighted by atomic mass is 32.2. The van der Waals surface area contributed by atoms with Gasteiger partial charge >= 0.3 is 0 Å². The van der Waals surface area contributed by atoms with Crippen LogP contribution >= 0.6 is 11.8 Å². The maximum absolute atomic E-state index is 13.1. The molecule has 0 bridgehead atoms. The van der Waals surface area contributed by atoms with Crippen molar-refractivity contribution >= 4 is 11.8 Å². The van der Waals surface area contributed by atoms with E-state index in [0.717, 1.165) is 30.0 Å². The Morgan fingerprint density at radius 1 is 1.24 bits per heavy atom. The van der Waals surface area contributed by atoms with Crippen LogP contribution in [0.4, 0.5) is 4.39 Å². The van der Waals surface area contributed by atoms with E-state index >= 15 is 0 Å². The summed E-state index contributed by atoms with van der Waals surface area (Å²) in [6, 6.07) is 14.2. The fraction of sp³-hybridized carbons (Fsp3) is 0.333. The maximum Gasteiger partial charge on any atom is 0.123 e. The number of hydrogen-bond acceptors (Lipinski definition) is 2. The van der Waals surface area contributed by atoms with Gasteiger partial charge in [-0.1, -0.05) is 30.3 Å². The molecule has 21 heavy (non-hydrogen) atoms. The van der Waals surface area contributed by atoms with Crippen LogP contribution in [-0.2, 0) is 12.2 Å². The molecule has 0 saturated carbocycles. The highest BCUT2D eigenvalue weighted by Gasteiger charge is 2.19. The molecule has 0 fully saturated rings. The minimum absolute atomic E-state index is 0.151. The number of benzene rings is 2. The minimum atomic E-state index is -0.151. The summed E-state index contributed by atoms with van der Waals surface area (Å²) in [6.45, 7) is 2.90. The van der Waals surface area contributed by atoms with Crippen LogP contribution in [0.25, 0.3) is 0 Å². The second kappa shape index (κ2) is 6.63. The van der Waals surface area contributed by atoms with Crippen molar-refractivity contribution < 1.29 is 4.39 Å². The Bertz CT molecular complexity index is 626. The lowest BCUT2D eigenvalue weighted by molar-refractivity contribution is 0.575. The quantitative estimate of drug-likeness (QED) is 0.906. The Labute approximate surface area is 130 Å². The van der Waals surface area contributed by atoms with Crippen LogP contribution in [-0.4, -0.2) is 12.3 Å². The lowest BCUT2D eigenvalue weighted by Crippen LogP contribution is -2.28. The van der Waals surface area contributed by atoms with Crippen LogP contribution in [0.2, 0.25) is 0 Å². The molecule has 1 aliphatic heterocycles. The average Bonchev–Trinajstić information content (AvgIpc) is 2.50. The van der Waals surface area contributed by atoms with Crippen molar-refractivity contribution in [2.75, 3.05) is 12.3 Å². The van der Waals surface area contributed by atoms with Crippen molar-refractivity contribution in [2.45, 2.75) is 25.1 Å². The molecule has 0 radical (unpaired) electrons. The Kier molecular flexibility index (Phi) is 4.61. The van der Waals surface area contributed by atoms with E-state index in [0.29, 0.717) is 6.04 Å². The third-order valence-electron chi connectivity index (χ3n) is 4.06. The predicted molar refractivity (Wildman–Crippen MR) is 88.2 cm³/mol. The van der Waals surface area contributed by atoms with E-state index in [2.05, 4.69) is 29.6 Å². The molecule has 3 heteroatoms. The number of rotatable bonds is 4. The van der Waals surface area contributed by atoms with Crippen LogP contribution in [0.3, 0.4) is 0 Å². The Hall–Kier alpha value is -1.32. The van der Waals surface area contributed by atoms with Crippen LogP contribution in [0.1, 0.15) is 28.3 Å². The number of fused-ring (bicyclic) bond motifs is 1. The highest BCUT2D eigenvalue weighted by Crippen LogP contribution is 2.31. The molecule has 1 N–H and O–H groups in total. The first-order valence-electron chi connectivity index (χ1n) is 7.38. The Morgan fingerprint density at radius 3 is 2.95 bits per heavy atom. The molecule has 1 heterocycles. The number of nitrogens with one attached hydrogen (secondary N) is 1. The lowest BCUT2D eigenvalue weighted by Gasteiger charge is -2.26. The van der Waals surface area contributed by atoms with Crippen molar-refractivity contribution in [3.8, 4) is 0 Å². The molecule has 2 aromatic carbocycles. The molecule has 1 aliphatic rings. The second-order valence-electron chi connectivity index (χ2n) is 5.54. The molecule has 0 saturated heterocycles. The molecule has 0 aromatic heterocycles. The topological polar surface area (TPSA) is 12.0 Å². The van der Waals surface area contributed by atoms with Gasteiger partial charge in [-0.25, -0.2) is 4.39 Å². The molecule has 0 aliphatic carbocycles. The van der Waals surface area contributed by atoms with Crippen LogP contribution in [0.15, 0.2) is 42.5 Å². The molecule has 1 unspecified atom stereocenters. The van der Waals surface area contributed by atoms with Gasteiger partial charge in [0.25, 0.3) is 0 Å². The largest absolute Gasteiger partial charge is 0.309 e. The molecule has 2 aromatic rings. The van der Waals surface area contributed by atoms with Gasteiger partial charge in [-0.15, -0.1) is 0 Å². The van der Waals surface area contributed by atoms with Crippen molar-refractivity contribution in [1.82, 2.24) is 5.32 Å². The van der Waals surface area contributed by atoms with Gasteiger partial charge in [0.15, 0.2) is 0 Å². The molecule has 110 valence electrons. The van der Waals surface area contributed by atoms with E-state index in [9.17, 15) is 4.39 Å². The monoisotopic (exact) mass is 301 g/mol. The zero-order valence-electron chi connectivity index (χ0n) is 12.2. The second-order valence-corrected chi connectivity index (χ2v) is 6.57. The van der Waals surface area contributed by atoms with Crippen LogP contribution in [0, 0.1) is 12.7 Å². The summed E-state index contributed by atoms with van der Waals surface area (Å²) >= 11 is 1.98. The Morgan fingerprint density at radius 2 is 2.10 bits per heavy atom. The standard InChI is InChI=1S/C18H20FNS/c1-13-10-16(19)7-6-14(13)8-9-20-18-12-21-11-15-4-2-3-5-17(15)18/h2-7,10,18,20H,8-9,11-12H2,1H3. The van der Waals surface area contributed by atoms with Crippen molar-refractivity contribution in [3.63, 3.8) is 0 Å². The first kappa shape index (κ1) is 14.6. The molecule has 3 rings (SSSR count). The van der Waals surface area contributed by atoms with E-state index in [-0.39, 0.29) is 5.82 Å². The van der Waals surface area contributed by atoms with E-state index in [1.807, 2.05) is 24.8 Å². The maximum atomic E-state index is 13.1. The molecular weight excluding hydrogens is 281 g/mol. The molecule has 1 nitrogen and oxygen atoms in total. The Balaban J connectivity index is 1.61. The first-order valence-corrected chi connectivity index (χ1v) is 8.53. The summed E-state index contributed by atoms with van der Waals surface area (Å²) in [4.78, 5) is 0. The van der Waals surface area contributed by atoms with Crippen molar-refractivity contribution in [3.05, 3.63) is 70.5 Å². The SMILES string of the molecule is Cc1cc(F)ccc1CCNC1CSCc2ccccc21. The van der Waals surface area contributed by atoms with Gasteiger partial charge in [0.05, 0.1) is 0 Å². The van der Waals surface area contributed by atoms with Gasteiger partial charge in [-0.2, -0.15) is 11.8 Å². The predicted octanol–water partition coefficient (Wildman–Crippen LogP) is 4.25. The van der Waals surface area contributed by atoms with Crippen molar-refractivity contribution in [1.29, 1.82) is 0 Å². The van der Waals surface area contributed by atoms with Crippen molar-refractivity contribution in [2.24, 2.45) is 0 Å². The summed E-state index contributed by atoms with van der Waals surface area (Å²) in [7, 11) is 0. The normalized spacial score (nSPS) is 17.5. The number of thioether (sulfide) groups is 1. The van der Waals surface area contributed by atoms with E-state index in [4.69, 9.17) is 0 Å². The number of hydrogen-bond donors (Lipinski definition) is 1. The molecular formula is C18H20FNS. The highest BCUT2D eigenvalue weighted by molar-refractivity contribution is 7.98. The van der Waals surface area contributed by atoms with Gasteiger partial charge in [0.1, 0.15) is 5.82 Å². The zero-order valence-corrected chi connectivity index (χ0v) is 13.0. The van der Waals surface area contributed by atoms with Crippen LogP contribution in [0.5, 0.6) is 0 Å². The van der Waals surface area contributed by atoms with Gasteiger partial charge < -0.3 is 5.32 Å². The lowest BCUT2D eigenvalue weighted by atomic mass is 10.0. The van der Waals surface area contributed by atoms with Gasteiger partial charge in [-0.05, 0) is 54.3 Å². The molecule has 1 atom stereocenters. The zero-order chi connectivity index (χ0) is 14.7. The van der Waals surface area contributed by atoms with E-state index in [1.54, 1.807) is 12.1 Å². The number of aryl methyl sites for hydroxylation is 1. The molecule has 0 amide bonds. The summed E-state index contributed by atoms with van der Waals surface area (Å²) < 4.78 is 13.1. The fourth-order valence-corrected chi connectivity index (χ4v) is 4.01. The van der Waals surface area contributed by atoms with Gasteiger partial charge in [0.2, 0.25) is 0 Å². The fourth-order valence-electron chi connectivity index (χ4n) is 2.87. The summed E-state index contributed by atoms with van der Waals surface area (Å²) in [5.41, 5.74) is 5.15. The first-order chi connectivity index (χ1) is 10.2. The van der Waals surface area contributed by atoms with Crippen LogP contribution < -0.4 is 5.32 Å². The van der Waals surface area contributed by atoms with Gasteiger partial charge in [0, 0.05) is 17.5 Å². The van der Waals surface area contributed by atoms with E-state index < -0.39 is 0 Å². The third kappa shape index (κ3) is 3.47. The minimum Gasteiger partial charge on any atom is -0.309 e. The average molecular weight is 301 g/mol.